The van der Waals surface area contributed by atoms with E-state index in [1.807, 2.05) is 0 Å². The summed E-state index contributed by atoms with van der Waals surface area (Å²) in [6, 6.07) is 7.88. The van der Waals surface area contributed by atoms with Gasteiger partial charge in [0.2, 0.25) is 5.78 Å². The summed E-state index contributed by atoms with van der Waals surface area (Å²) in [4.78, 5) is 39.3. The van der Waals surface area contributed by atoms with Gasteiger partial charge in [-0.1, -0.05) is 24.3 Å². The summed E-state index contributed by atoms with van der Waals surface area (Å²) in [5.74, 6) is -2.16. The predicted octanol–water partition coefficient (Wildman–Crippen LogP) is 2.57. The fourth-order valence-electron chi connectivity index (χ4n) is 4.16. The van der Waals surface area contributed by atoms with Crippen molar-refractivity contribution in [2.75, 3.05) is 13.1 Å². The maximum Gasteiger partial charge on any atom is 0.261 e. The van der Waals surface area contributed by atoms with Crippen molar-refractivity contribution in [3.05, 3.63) is 56.8 Å². The highest BCUT2D eigenvalue weighted by Gasteiger charge is 2.38. The van der Waals surface area contributed by atoms with E-state index in [1.165, 1.54) is 6.07 Å². The molecule has 152 valence electrons. The number of nitrogens with one attached hydrogen (secondary N) is 2. The molecule has 0 saturated carbocycles. The molecule has 1 saturated heterocycles. The Morgan fingerprint density at radius 2 is 1.73 bits per heavy atom. The zero-order chi connectivity index (χ0) is 21.0. The first-order chi connectivity index (χ1) is 14.5. The number of phenolic OH excluding ortho intramolecular Hbond substituents is 2. The quantitative estimate of drug-likeness (QED) is 0.369. The molecule has 5 rings (SSSR count). The lowest BCUT2D eigenvalue weighted by Gasteiger charge is -2.23. The fraction of sp³-hybridized carbons (Fsp3) is 0.227. The van der Waals surface area contributed by atoms with Gasteiger partial charge in [-0.15, -0.1) is 11.3 Å². The zero-order valence-electron chi connectivity index (χ0n) is 15.8. The van der Waals surface area contributed by atoms with Crippen LogP contribution in [0.3, 0.4) is 0 Å². The first-order valence-electron chi connectivity index (χ1n) is 9.68. The van der Waals surface area contributed by atoms with Crippen LogP contribution in [0.1, 0.15) is 53.7 Å². The molecule has 8 heteroatoms. The number of thiophene rings is 1. The third-order valence-corrected chi connectivity index (χ3v) is 6.79. The summed E-state index contributed by atoms with van der Waals surface area (Å²) in [6.07, 6.45) is 1.83. The molecule has 1 aliphatic heterocycles. The van der Waals surface area contributed by atoms with E-state index in [9.17, 15) is 24.6 Å². The maximum absolute atomic E-state index is 13.1. The van der Waals surface area contributed by atoms with Crippen LogP contribution in [0, 0.1) is 0 Å². The van der Waals surface area contributed by atoms with Crippen LogP contribution in [0.2, 0.25) is 0 Å². The Hall–Kier alpha value is -3.23. The number of amides is 1. The lowest BCUT2D eigenvalue weighted by Crippen LogP contribution is -2.45. The van der Waals surface area contributed by atoms with E-state index in [0.717, 1.165) is 30.7 Å². The molecule has 0 spiro atoms. The lowest BCUT2D eigenvalue weighted by molar-refractivity contribution is 0.0934. The van der Waals surface area contributed by atoms with Crippen molar-refractivity contribution < 1.29 is 24.6 Å². The van der Waals surface area contributed by atoms with Gasteiger partial charge in [-0.25, -0.2) is 0 Å². The highest BCUT2D eigenvalue weighted by Crippen LogP contribution is 2.45. The molecule has 2 aromatic carbocycles. The lowest BCUT2D eigenvalue weighted by atomic mass is 9.85. The zero-order valence-corrected chi connectivity index (χ0v) is 16.6. The number of carbonyl (C=O) groups is 3. The van der Waals surface area contributed by atoms with E-state index in [-0.39, 0.29) is 60.7 Å². The number of aromatic hydroxyl groups is 2. The number of carbonyl (C=O) groups excluding carboxylic acids is 3. The number of ketones is 2. The minimum absolute atomic E-state index is 0.00707. The van der Waals surface area contributed by atoms with Crippen molar-refractivity contribution in [1.82, 2.24) is 10.6 Å². The Labute approximate surface area is 175 Å². The van der Waals surface area contributed by atoms with Gasteiger partial charge in [0.1, 0.15) is 11.5 Å². The Kier molecular flexibility index (Phi) is 4.34. The second-order valence-electron chi connectivity index (χ2n) is 7.52. The van der Waals surface area contributed by atoms with Crippen molar-refractivity contribution in [2.24, 2.45) is 0 Å². The van der Waals surface area contributed by atoms with Crippen molar-refractivity contribution in [3.63, 3.8) is 0 Å². The molecule has 0 bridgehead atoms. The summed E-state index contributed by atoms with van der Waals surface area (Å²) >= 11 is 0.932. The van der Waals surface area contributed by atoms with Crippen LogP contribution in [-0.4, -0.2) is 46.8 Å². The van der Waals surface area contributed by atoms with Gasteiger partial charge in [0.25, 0.3) is 5.91 Å². The smallest absolute Gasteiger partial charge is 0.261 e. The molecule has 3 aromatic rings. The average Bonchev–Trinajstić information content (AvgIpc) is 3.22. The minimum Gasteiger partial charge on any atom is -0.506 e. The predicted molar refractivity (Wildman–Crippen MR) is 112 cm³/mol. The highest BCUT2D eigenvalue weighted by molar-refractivity contribution is 7.16. The van der Waals surface area contributed by atoms with Crippen molar-refractivity contribution in [2.45, 2.75) is 18.9 Å². The van der Waals surface area contributed by atoms with E-state index in [4.69, 9.17) is 0 Å². The third kappa shape index (κ3) is 2.72. The van der Waals surface area contributed by atoms with E-state index in [2.05, 4.69) is 10.6 Å². The van der Waals surface area contributed by atoms with Gasteiger partial charge in [-0.3, -0.25) is 14.4 Å². The van der Waals surface area contributed by atoms with Gasteiger partial charge in [-0.05, 0) is 25.5 Å². The number of hydrogen-bond donors (Lipinski definition) is 4. The second-order valence-corrected chi connectivity index (χ2v) is 8.57. The number of phenols is 2. The monoisotopic (exact) mass is 422 g/mol. The Balaban J connectivity index is 1.58. The highest BCUT2D eigenvalue weighted by atomic mass is 32.1. The molecule has 1 amide bonds. The maximum atomic E-state index is 13.1. The Bertz CT molecular complexity index is 1160. The van der Waals surface area contributed by atoms with Gasteiger partial charge in [0.15, 0.2) is 5.78 Å². The molecular weight excluding hydrogens is 404 g/mol. The average molecular weight is 422 g/mol. The minimum atomic E-state index is -0.576. The molecule has 7 nitrogen and oxygen atoms in total. The summed E-state index contributed by atoms with van der Waals surface area (Å²) in [6.45, 7) is 1.59. The fourth-order valence-corrected chi connectivity index (χ4v) is 5.17. The van der Waals surface area contributed by atoms with Crippen LogP contribution >= 0.6 is 11.3 Å². The standard InChI is InChI=1S/C22H18N2O5S/c25-17-11-5-1-2-6-12(11)18(26)16-15(17)19(27)13-8-14(30-21(13)20(16)28)22(29)24-10-4-3-7-23-9-10/h1-2,5-6,8,10,23,25-26H,3-4,7,9H2,(H,24,29). The van der Waals surface area contributed by atoms with E-state index in [0.29, 0.717) is 6.54 Å². The van der Waals surface area contributed by atoms with Crippen LogP contribution in [0.15, 0.2) is 30.3 Å². The van der Waals surface area contributed by atoms with Gasteiger partial charge in [0.05, 0.1) is 20.9 Å². The molecular formula is C22H18N2O5S. The molecule has 1 aromatic heterocycles. The summed E-state index contributed by atoms with van der Waals surface area (Å²) in [5, 5.41) is 28.1. The molecule has 1 fully saturated rings. The van der Waals surface area contributed by atoms with Gasteiger partial charge < -0.3 is 20.8 Å². The summed E-state index contributed by atoms with van der Waals surface area (Å²) < 4.78 is 0. The van der Waals surface area contributed by atoms with Crippen LogP contribution in [-0.2, 0) is 0 Å². The van der Waals surface area contributed by atoms with E-state index < -0.39 is 11.6 Å². The van der Waals surface area contributed by atoms with E-state index >= 15 is 0 Å². The second kappa shape index (κ2) is 6.93. The first-order valence-corrected chi connectivity index (χ1v) is 10.5. The molecule has 2 heterocycles. The number of piperidine rings is 1. The van der Waals surface area contributed by atoms with E-state index in [1.54, 1.807) is 24.3 Å². The normalized spacial score (nSPS) is 18.2. The molecule has 0 radical (unpaired) electrons. The number of benzene rings is 2. The largest absolute Gasteiger partial charge is 0.506 e. The van der Waals surface area contributed by atoms with Crippen LogP contribution < -0.4 is 10.6 Å². The van der Waals surface area contributed by atoms with Gasteiger partial charge in [0, 0.05) is 28.9 Å². The van der Waals surface area contributed by atoms with Crippen LogP contribution in [0.25, 0.3) is 10.8 Å². The molecule has 2 aliphatic rings. The Morgan fingerprint density at radius 1 is 1.07 bits per heavy atom. The molecule has 30 heavy (non-hydrogen) atoms. The SMILES string of the molecule is O=C(NC1CCCNC1)c1cc2c(s1)C(=O)c1c(c(O)c3ccccc3c1O)C2=O. The van der Waals surface area contributed by atoms with Crippen molar-refractivity contribution in [3.8, 4) is 11.5 Å². The van der Waals surface area contributed by atoms with Crippen molar-refractivity contribution >= 4 is 39.6 Å². The Morgan fingerprint density at radius 3 is 2.37 bits per heavy atom. The number of rotatable bonds is 2. The molecule has 4 N–H and O–H groups in total. The van der Waals surface area contributed by atoms with Gasteiger partial charge in [-0.2, -0.15) is 0 Å². The molecule has 1 aliphatic carbocycles. The number of fused-ring (bicyclic) bond motifs is 3. The summed E-state index contributed by atoms with van der Waals surface area (Å²) in [7, 11) is 0. The first kappa shape index (κ1) is 18.8. The molecule has 1 unspecified atom stereocenters. The van der Waals surface area contributed by atoms with Gasteiger partial charge >= 0.3 is 0 Å². The number of hydrogen-bond acceptors (Lipinski definition) is 7. The molecule has 1 atom stereocenters. The van der Waals surface area contributed by atoms with Crippen LogP contribution in [0.4, 0.5) is 0 Å². The third-order valence-electron chi connectivity index (χ3n) is 5.65. The van der Waals surface area contributed by atoms with Crippen molar-refractivity contribution in [1.29, 1.82) is 0 Å². The summed E-state index contributed by atoms with van der Waals surface area (Å²) in [5.41, 5.74) is -0.353. The van der Waals surface area contributed by atoms with Crippen LogP contribution in [0.5, 0.6) is 11.5 Å². The topological polar surface area (TPSA) is 116 Å².